The molecular formula is C14H30N4O3. The Morgan fingerprint density at radius 2 is 1.95 bits per heavy atom. The lowest BCUT2D eigenvalue weighted by Crippen LogP contribution is -2.54. The van der Waals surface area contributed by atoms with Crippen LogP contribution in [0.4, 0.5) is 0 Å². The van der Waals surface area contributed by atoms with E-state index in [1.165, 1.54) is 0 Å². The standard InChI is InChI=1S/C14H30N4O3/c1-3-13(14(15)16-19)18-7-5-17(6-8-18)9-12-21-11-4-10-20-2/h13,19H,3-12H2,1-2H3,(H2,15,16). The number of hydrogen-bond acceptors (Lipinski definition) is 6. The van der Waals surface area contributed by atoms with Gasteiger partial charge in [0.05, 0.1) is 12.6 Å². The first kappa shape index (κ1) is 18.2. The third kappa shape index (κ3) is 6.60. The molecule has 1 aliphatic heterocycles. The Kier molecular flexibility index (Phi) is 9.32. The number of oxime groups is 1. The van der Waals surface area contributed by atoms with Crippen LogP contribution < -0.4 is 5.73 Å². The van der Waals surface area contributed by atoms with Gasteiger partial charge >= 0.3 is 0 Å². The molecule has 0 aromatic heterocycles. The second-order valence-corrected chi connectivity index (χ2v) is 5.29. The van der Waals surface area contributed by atoms with Crippen LogP contribution in [0.3, 0.4) is 0 Å². The Balaban J connectivity index is 2.17. The van der Waals surface area contributed by atoms with Gasteiger partial charge in [-0.05, 0) is 12.8 Å². The van der Waals surface area contributed by atoms with E-state index in [1.807, 2.05) is 0 Å². The van der Waals surface area contributed by atoms with Crippen LogP contribution in [0.25, 0.3) is 0 Å². The van der Waals surface area contributed by atoms with Gasteiger partial charge in [-0.3, -0.25) is 9.80 Å². The van der Waals surface area contributed by atoms with E-state index in [2.05, 4.69) is 21.9 Å². The Labute approximate surface area is 127 Å². The summed E-state index contributed by atoms with van der Waals surface area (Å²) in [5, 5.41) is 12.0. The number of methoxy groups -OCH3 is 1. The van der Waals surface area contributed by atoms with E-state index < -0.39 is 0 Å². The SMILES string of the molecule is CCC(C(N)=NO)N1CCN(CCOCCCOC)CC1. The molecule has 1 unspecified atom stereocenters. The molecule has 0 radical (unpaired) electrons. The predicted octanol–water partition coefficient (Wildman–Crippen LogP) is 0.182. The number of nitrogens with zero attached hydrogens (tertiary/aromatic N) is 3. The van der Waals surface area contributed by atoms with E-state index in [9.17, 15) is 0 Å². The number of amidine groups is 1. The topological polar surface area (TPSA) is 83.6 Å². The van der Waals surface area contributed by atoms with Crippen LogP contribution in [-0.2, 0) is 9.47 Å². The Hall–Kier alpha value is -0.890. The molecule has 21 heavy (non-hydrogen) atoms. The van der Waals surface area contributed by atoms with Gasteiger partial charge in [0.15, 0.2) is 5.84 Å². The first-order valence-corrected chi connectivity index (χ1v) is 7.73. The van der Waals surface area contributed by atoms with Gasteiger partial charge in [0, 0.05) is 53.0 Å². The number of piperazine rings is 1. The van der Waals surface area contributed by atoms with Crippen molar-refractivity contribution in [3.63, 3.8) is 0 Å². The average Bonchev–Trinajstić information content (AvgIpc) is 2.52. The third-order valence-corrected chi connectivity index (χ3v) is 3.88. The molecule has 3 N–H and O–H groups in total. The molecule has 0 aliphatic carbocycles. The smallest absolute Gasteiger partial charge is 0.156 e. The van der Waals surface area contributed by atoms with Gasteiger partial charge in [-0.25, -0.2) is 0 Å². The molecule has 0 aromatic carbocycles. The van der Waals surface area contributed by atoms with Crippen LogP contribution in [0.1, 0.15) is 19.8 Å². The summed E-state index contributed by atoms with van der Waals surface area (Å²) in [7, 11) is 1.71. The summed E-state index contributed by atoms with van der Waals surface area (Å²) in [6, 6.07) is 0.0439. The van der Waals surface area contributed by atoms with Crippen LogP contribution in [0, 0.1) is 0 Å². The molecule has 1 saturated heterocycles. The molecule has 0 amide bonds. The molecule has 1 fully saturated rings. The lowest BCUT2D eigenvalue weighted by atomic mass is 10.1. The molecular weight excluding hydrogens is 272 g/mol. The molecule has 0 bridgehead atoms. The zero-order chi connectivity index (χ0) is 15.5. The molecule has 1 heterocycles. The van der Waals surface area contributed by atoms with E-state index >= 15 is 0 Å². The summed E-state index contributed by atoms with van der Waals surface area (Å²) in [6.45, 7) is 9.18. The van der Waals surface area contributed by atoms with Crippen molar-refractivity contribution in [2.24, 2.45) is 10.9 Å². The largest absolute Gasteiger partial charge is 0.409 e. The highest BCUT2D eigenvalue weighted by Crippen LogP contribution is 2.09. The fraction of sp³-hybridized carbons (Fsp3) is 0.929. The molecule has 0 aromatic rings. The van der Waals surface area contributed by atoms with Crippen molar-refractivity contribution in [3.8, 4) is 0 Å². The van der Waals surface area contributed by atoms with Crippen LogP contribution in [0.15, 0.2) is 5.16 Å². The van der Waals surface area contributed by atoms with Gasteiger partial charge in [0.25, 0.3) is 0 Å². The van der Waals surface area contributed by atoms with Crippen LogP contribution in [0.2, 0.25) is 0 Å². The maximum absolute atomic E-state index is 8.82. The zero-order valence-electron chi connectivity index (χ0n) is 13.3. The first-order chi connectivity index (χ1) is 10.2. The number of rotatable bonds is 10. The minimum absolute atomic E-state index is 0.0439. The summed E-state index contributed by atoms with van der Waals surface area (Å²) in [5.74, 6) is 0.312. The second kappa shape index (κ2) is 10.8. The lowest BCUT2D eigenvalue weighted by molar-refractivity contribution is 0.0605. The predicted molar refractivity (Wildman–Crippen MR) is 82.8 cm³/mol. The maximum atomic E-state index is 8.82. The Morgan fingerprint density at radius 1 is 1.24 bits per heavy atom. The van der Waals surface area contributed by atoms with E-state index in [0.717, 1.165) is 65.4 Å². The van der Waals surface area contributed by atoms with Gasteiger partial charge < -0.3 is 20.4 Å². The monoisotopic (exact) mass is 302 g/mol. The minimum Gasteiger partial charge on any atom is -0.409 e. The highest BCUT2D eigenvalue weighted by molar-refractivity contribution is 5.85. The van der Waals surface area contributed by atoms with Gasteiger partial charge in [0.1, 0.15) is 0 Å². The quantitative estimate of drug-likeness (QED) is 0.197. The second-order valence-electron chi connectivity index (χ2n) is 5.29. The summed E-state index contributed by atoms with van der Waals surface area (Å²) in [4.78, 5) is 4.68. The van der Waals surface area contributed by atoms with Crippen molar-refractivity contribution in [2.45, 2.75) is 25.8 Å². The maximum Gasteiger partial charge on any atom is 0.156 e. The molecule has 124 valence electrons. The van der Waals surface area contributed by atoms with Crippen LogP contribution in [0.5, 0.6) is 0 Å². The van der Waals surface area contributed by atoms with Crippen molar-refractivity contribution in [2.75, 3.05) is 59.7 Å². The van der Waals surface area contributed by atoms with Crippen molar-refractivity contribution < 1.29 is 14.7 Å². The number of nitrogens with two attached hydrogens (primary N) is 1. The van der Waals surface area contributed by atoms with Gasteiger partial charge in [0.2, 0.25) is 0 Å². The molecule has 7 heteroatoms. The Bertz CT molecular complexity index is 294. The summed E-state index contributed by atoms with van der Waals surface area (Å²) in [5.41, 5.74) is 5.75. The molecule has 0 spiro atoms. The van der Waals surface area contributed by atoms with Crippen LogP contribution in [-0.4, -0.2) is 86.5 Å². The molecule has 7 nitrogen and oxygen atoms in total. The van der Waals surface area contributed by atoms with Crippen molar-refractivity contribution >= 4 is 5.84 Å². The van der Waals surface area contributed by atoms with Crippen molar-refractivity contribution in [3.05, 3.63) is 0 Å². The minimum atomic E-state index is 0.0439. The van der Waals surface area contributed by atoms with E-state index in [4.69, 9.17) is 20.4 Å². The lowest BCUT2D eigenvalue weighted by Gasteiger charge is -2.38. The molecule has 1 rings (SSSR count). The highest BCUT2D eigenvalue weighted by Gasteiger charge is 2.25. The number of hydrogen-bond donors (Lipinski definition) is 2. The fourth-order valence-corrected chi connectivity index (χ4v) is 2.62. The van der Waals surface area contributed by atoms with Gasteiger partial charge in [-0.15, -0.1) is 0 Å². The Morgan fingerprint density at radius 3 is 2.52 bits per heavy atom. The van der Waals surface area contributed by atoms with E-state index in [-0.39, 0.29) is 6.04 Å². The third-order valence-electron chi connectivity index (χ3n) is 3.88. The average molecular weight is 302 g/mol. The normalized spacial score (nSPS) is 19.8. The van der Waals surface area contributed by atoms with Crippen molar-refractivity contribution in [1.82, 2.24) is 9.80 Å². The zero-order valence-corrected chi connectivity index (χ0v) is 13.3. The van der Waals surface area contributed by atoms with E-state index in [0.29, 0.717) is 5.84 Å². The van der Waals surface area contributed by atoms with E-state index in [1.54, 1.807) is 7.11 Å². The van der Waals surface area contributed by atoms with Gasteiger partial charge in [-0.1, -0.05) is 12.1 Å². The summed E-state index contributed by atoms with van der Waals surface area (Å²) in [6.07, 6.45) is 1.81. The highest BCUT2D eigenvalue weighted by atomic mass is 16.5. The van der Waals surface area contributed by atoms with Gasteiger partial charge in [-0.2, -0.15) is 0 Å². The molecule has 1 aliphatic rings. The fourth-order valence-electron chi connectivity index (χ4n) is 2.62. The molecule has 1 atom stereocenters. The summed E-state index contributed by atoms with van der Waals surface area (Å²) < 4.78 is 10.6. The molecule has 0 saturated carbocycles. The first-order valence-electron chi connectivity index (χ1n) is 7.73. The van der Waals surface area contributed by atoms with Crippen molar-refractivity contribution in [1.29, 1.82) is 0 Å². The summed E-state index contributed by atoms with van der Waals surface area (Å²) >= 11 is 0. The van der Waals surface area contributed by atoms with Crippen LogP contribution >= 0.6 is 0 Å². The number of ether oxygens (including phenoxy) is 2.